The summed E-state index contributed by atoms with van der Waals surface area (Å²) in [7, 11) is 0. The normalized spacial score (nSPS) is 12.0. The molecule has 0 aliphatic heterocycles. The molecule has 5 rings (SSSR count). The largest absolute Gasteiger partial charge is 0.573 e. The van der Waals surface area contributed by atoms with Gasteiger partial charge in [0.05, 0.1) is 16.1 Å². The topological polar surface area (TPSA) is 18.5 Å². The fraction of sp³-hybridized carbons (Fsp3) is 0.211. The van der Waals surface area contributed by atoms with Crippen LogP contribution in [0.5, 0.6) is 11.5 Å². The van der Waals surface area contributed by atoms with E-state index in [1.165, 1.54) is 0 Å². The molecule has 5 aromatic rings. The third kappa shape index (κ3) is 9.03. The highest BCUT2D eigenvalue weighted by molar-refractivity contribution is 6.31. The Morgan fingerprint density at radius 2 is 1.11 bits per heavy atom. The van der Waals surface area contributed by atoms with Crippen LogP contribution in [0.4, 0.5) is 52.7 Å². The zero-order chi connectivity index (χ0) is 38.8. The van der Waals surface area contributed by atoms with Crippen molar-refractivity contribution in [1.82, 2.24) is 0 Å². The molecule has 0 heterocycles. The van der Waals surface area contributed by atoms with E-state index in [2.05, 4.69) is 9.47 Å². The molecule has 0 aliphatic rings. The summed E-state index contributed by atoms with van der Waals surface area (Å²) in [6.07, 6.45) is -6.09. The summed E-state index contributed by atoms with van der Waals surface area (Å²) in [6, 6.07) is 8.34. The molecule has 5 aromatic carbocycles. The van der Waals surface area contributed by atoms with Crippen LogP contribution >= 0.6 is 11.6 Å². The fourth-order valence-corrected chi connectivity index (χ4v) is 5.98. The number of rotatable bonds is 12. The molecule has 0 spiro atoms. The predicted octanol–water partition coefficient (Wildman–Crippen LogP) is 13.5. The van der Waals surface area contributed by atoms with Crippen LogP contribution in [0.15, 0.2) is 72.8 Å². The maximum Gasteiger partial charge on any atom is 0.573 e. The first-order valence-corrected chi connectivity index (χ1v) is 16.2. The number of hydrogen-bond acceptors (Lipinski definition) is 2. The lowest BCUT2D eigenvalue weighted by Crippen LogP contribution is -2.24. The Hall–Kier alpha value is -4.85. The van der Waals surface area contributed by atoms with E-state index in [1.807, 2.05) is 6.92 Å². The SMILES string of the molecule is CCCCCCc1cc(F)c(-c2cc(F)c(C(F)(F)Oc3cc(F)c(-c4ccc(-c5ccc(OC(F)(F)F)c(F)c5)c(F)c4)c(F)c3)c(Cl)c2)c(F)c1. The van der Waals surface area contributed by atoms with Crippen molar-refractivity contribution in [2.75, 3.05) is 0 Å². The zero-order valence-corrected chi connectivity index (χ0v) is 27.9. The number of ether oxygens (including phenoxy) is 2. The third-order valence-electron chi connectivity index (χ3n) is 8.03. The molecular formula is C38H25ClF12O2. The first kappa shape index (κ1) is 39.4. The lowest BCUT2D eigenvalue weighted by atomic mass is 9.98. The van der Waals surface area contributed by atoms with E-state index < -0.39 is 97.5 Å². The number of hydrogen-bond donors (Lipinski definition) is 0. The second-order valence-corrected chi connectivity index (χ2v) is 12.2. The van der Waals surface area contributed by atoms with Crippen LogP contribution in [0.25, 0.3) is 33.4 Å². The Labute approximate surface area is 299 Å². The molecule has 0 N–H and O–H groups in total. The van der Waals surface area contributed by atoms with Crippen LogP contribution in [-0.2, 0) is 12.5 Å². The van der Waals surface area contributed by atoms with Crippen LogP contribution in [0.2, 0.25) is 5.02 Å². The number of aryl methyl sites for hydroxylation is 1. The molecule has 53 heavy (non-hydrogen) atoms. The van der Waals surface area contributed by atoms with Gasteiger partial charge in [-0.25, -0.2) is 30.7 Å². The summed E-state index contributed by atoms with van der Waals surface area (Å²) in [5.74, 6) is -12.0. The van der Waals surface area contributed by atoms with Crippen molar-refractivity contribution in [3.8, 4) is 44.9 Å². The third-order valence-corrected chi connectivity index (χ3v) is 8.33. The quantitative estimate of drug-likeness (QED) is 0.0928. The van der Waals surface area contributed by atoms with Gasteiger partial charge in [-0.1, -0.05) is 56.0 Å². The van der Waals surface area contributed by atoms with Gasteiger partial charge < -0.3 is 9.47 Å². The molecule has 0 saturated heterocycles. The Kier molecular flexibility index (Phi) is 11.6. The van der Waals surface area contributed by atoms with E-state index in [-0.39, 0.29) is 11.1 Å². The highest BCUT2D eigenvalue weighted by Gasteiger charge is 2.41. The van der Waals surface area contributed by atoms with Gasteiger partial charge >= 0.3 is 12.5 Å². The molecule has 0 fully saturated rings. The molecule has 0 aliphatic carbocycles. The number of benzene rings is 5. The molecule has 0 amide bonds. The van der Waals surface area contributed by atoms with Crippen molar-refractivity contribution in [2.45, 2.75) is 51.5 Å². The van der Waals surface area contributed by atoms with Gasteiger partial charge in [0.1, 0.15) is 46.2 Å². The molecular weight excluding hydrogens is 752 g/mol. The fourth-order valence-electron chi connectivity index (χ4n) is 5.66. The Morgan fingerprint density at radius 1 is 0.547 bits per heavy atom. The van der Waals surface area contributed by atoms with Gasteiger partial charge in [-0.3, -0.25) is 0 Å². The Bertz CT molecular complexity index is 2080. The van der Waals surface area contributed by atoms with Gasteiger partial charge in [-0.15, -0.1) is 13.2 Å². The molecule has 0 radical (unpaired) electrons. The van der Waals surface area contributed by atoms with E-state index in [1.54, 1.807) is 0 Å². The summed E-state index contributed by atoms with van der Waals surface area (Å²) in [6.45, 7) is 2.00. The van der Waals surface area contributed by atoms with E-state index in [0.29, 0.717) is 60.9 Å². The number of halogens is 13. The van der Waals surface area contributed by atoms with E-state index in [9.17, 15) is 26.3 Å². The van der Waals surface area contributed by atoms with E-state index in [0.717, 1.165) is 49.6 Å². The molecule has 280 valence electrons. The lowest BCUT2D eigenvalue weighted by Gasteiger charge is -2.21. The smallest absolute Gasteiger partial charge is 0.429 e. The van der Waals surface area contributed by atoms with Crippen LogP contribution in [0.1, 0.15) is 43.7 Å². The summed E-state index contributed by atoms with van der Waals surface area (Å²) in [4.78, 5) is 0. The standard InChI is InChI=1S/C38H25ClF12O2/c1-2-3-4-5-6-19-11-28(42)35(29(43)12-19)22-13-25(39)36(32(46)16-22)37(47,48)52-23-17-30(44)34(31(45)18-23)21-7-9-24(26(40)15-21)20-8-10-33(27(41)14-20)53-38(49,50)51/h7-18H,2-6H2,1H3. The average Bonchev–Trinajstić information content (AvgIpc) is 3.02. The Morgan fingerprint density at radius 3 is 1.68 bits per heavy atom. The van der Waals surface area contributed by atoms with E-state index >= 15 is 26.3 Å². The summed E-state index contributed by atoms with van der Waals surface area (Å²) < 4.78 is 180. The van der Waals surface area contributed by atoms with Gasteiger partial charge in [0.15, 0.2) is 11.6 Å². The second kappa shape index (κ2) is 15.6. The summed E-state index contributed by atoms with van der Waals surface area (Å²) in [5, 5.41) is -1.03. The van der Waals surface area contributed by atoms with Crippen LogP contribution in [-0.4, -0.2) is 6.36 Å². The first-order valence-electron chi connectivity index (χ1n) is 15.8. The van der Waals surface area contributed by atoms with Crippen molar-refractivity contribution in [1.29, 1.82) is 0 Å². The summed E-state index contributed by atoms with van der Waals surface area (Å²) in [5.41, 5.74) is -4.50. The van der Waals surface area contributed by atoms with Gasteiger partial charge in [0.2, 0.25) is 0 Å². The predicted molar refractivity (Wildman–Crippen MR) is 173 cm³/mol. The minimum atomic E-state index is -5.20. The Balaban J connectivity index is 1.37. The molecule has 2 nitrogen and oxygen atoms in total. The summed E-state index contributed by atoms with van der Waals surface area (Å²) >= 11 is 5.95. The maximum atomic E-state index is 15.3. The molecule has 0 bridgehead atoms. The van der Waals surface area contributed by atoms with Crippen molar-refractivity contribution in [3.63, 3.8) is 0 Å². The van der Waals surface area contributed by atoms with Crippen LogP contribution in [0.3, 0.4) is 0 Å². The van der Waals surface area contributed by atoms with Crippen LogP contribution < -0.4 is 9.47 Å². The van der Waals surface area contributed by atoms with Crippen molar-refractivity contribution >= 4 is 11.6 Å². The van der Waals surface area contributed by atoms with Gasteiger partial charge in [0, 0.05) is 17.7 Å². The number of unbranched alkanes of at least 4 members (excludes halogenated alkanes) is 3. The first-order chi connectivity index (χ1) is 24.9. The monoisotopic (exact) mass is 776 g/mol. The molecule has 0 saturated carbocycles. The van der Waals surface area contributed by atoms with Crippen LogP contribution in [0, 0.1) is 40.7 Å². The van der Waals surface area contributed by atoms with Gasteiger partial charge in [0.25, 0.3) is 0 Å². The second-order valence-electron chi connectivity index (χ2n) is 11.8. The molecule has 0 atom stereocenters. The van der Waals surface area contributed by atoms with Crippen molar-refractivity contribution in [2.24, 2.45) is 0 Å². The van der Waals surface area contributed by atoms with Crippen molar-refractivity contribution in [3.05, 3.63) is 130 Å². The highest BCUT2D eigenvalue weighted by Crippen LogP contribution is 2.42. The average molecular weight is 777 g/mol. The van der Waals surface area contributed by atoms with Gasteiger partial charge in [-0.05, 0) is 77.6 Å². The highest BCUT2D eigenvalue weighted by atomic mass is 35.5. The van der Waals surface area contributed by atoms with Crippen molar-refractivity contribution < 1.29 is 62.2 Å². The minimum Gasteiger partial charge on any atom is -0.429 e. The molecule has 0 unspecified atom stereocenters. The molecule has 15 heteroatoms. The zero-order valence-electron chi connectivity index (χ0n) is 27.2. The minimum absolute atomic E-state index is 0.256. The van der Waals surface area contributed by atoms with Gasteiger partial charge in [-0.2, -0.15) is 8.78 Å². The number of alkyl halides is 5. The molecule has 0 aromatic heterocycles. The lowest BCUT2D eigenvalue weighted by molar-refractivity contribution is -0.275. The van der Waals surface area contributed by atoms with E-state index in [4.69, 9.17) is 11.6 Å². The maximum absolute atomic E-state index is 15.3.